The van der Waals surface area contributed by atoms with E-state index in [1.165, 1.54) is 19.3 Å². The van der Waals surface area contributed by atoms with Crippen molar-refractivity contribution in [3.63, 3.8) is 0 Å². The van der Waals surface area contributed by atoms with Gasteiger partial charge in [0.1, 0.15) is 6.10 Å². The molecule has 18 heavy (non-hydrogen) atoms. The highest BCUT2D eigenvalue weighted by Crippen LogP contribution is 2.07. The van der Waals surface area contributed by atoms with Crippen molar-refractivity contribution in [2.45, 2.75) is 59.5 Å². The first kappa shape index (κ1) is 17.1. The third kappa shape index (κ3) is 6.71. The number of hydrogen-bond donors (Lipinski definition) is 2. The summed E-state index contributed by atoms with van der Waals surface area (Å²) in [6, 6.07) is 0. The van der Waals surface area contributed by atoms with Crippen LogP contribution in [0.25, 0.3) is 0 Å². The Hall–Kier alpha value is -0.940. The molecule has 0 aliphatic heterocycles. The highest BCUT2D eigenvalue weighted by molar-refractivity contribution is 4.90. The average molecular weight is 257 g/mol. The van der Waals surface area contributed by atoms with Gasteiger partial charge in [0.25, 0.3) is 0 Å². The molecule has 3 N–H and O–H groups in total. The van der Waals surface area contributed by atoms with Crippen molar-refractivity contribution in [1.82, 2.24) is 10.1 Å². The predicted molar refractivity (Wildman–Crippen MR) is 72.1 cm³/mol. The summed E-state index contributed by atoms with van der Waals surface area (Å²) in [6.07, 6.45) is 3.95. The molecule has 0 saturated heterocycles. The minimum Gasteiger partial charge on any atom is -0.384 e. The maximum Gasteiger partial charge on any atom is 0.226 e. The summed E-state index contributed by atoms with van der Waals surface area (Å²) in [5, 5.41) is 12.7. The summed E-state index contributed by atoms with van der Waals surface area (Å²) in [4.78, 5) is 3.89. The van der Waals surface area contributed by atoms with E-state index in [1.807, 2.05) is 6.92 Å². The van der Waals surface area contributed by atoms with Gasteiger partial charge in [-0.3, -0.25) is 0 Å². The molecule has 0 radical (unpaired) electrons. The van der Waals surface area contributed by atoms with Crippen molar-refractivity contribution in [2.24, 2.45) is 11.7 Å². The Morgan fingerprint density at radius 2 is 2.00 bits per heavy atom. The van der Waals surface area contributed by atoms with Gasteiger partial charge in [0.2, 0.25) is 11.7 Å². The summed E-state index contributed by atoms with van der Waals surface area (Å²) in [7, 11) is 0. The van der Waals surface area contributed by atoms with Crippen molar-refractivity contribution >= 4 is 0 Å². The smallest absolute Gasteiger partial charge is 0.226 e. The van der Waals surface area contributed by atoms with Crippen LogP contribution in [0.1, 0.15) is 64.8 Å². The van der Waals surface area contributed by atoms with Crippen LogP contribution in [0.3, 0.4) is 0 Å². The molecular formula is C13H27N3O2. The molecule has 106 valence electrons. The van der Waals surface area contributed by atoms with Gasteiger partial charge in [0.05, 0.1) is 0 Å². The lowest BCUT2D eigenvalue weighted by atomic mass is 10.0. The molecule has 1 aromatic heterocycles. The third-order valence-corrected chi connectivity index (χ3v) is 2.79. The van der Waals surface area contributed by atoms with E-state index in [0.29, 0.717) is 12.3 Å². The Kier molecular flexibility index (Phi) is 9.50. The van der Waals surface area contributed by atoms with E-state index in [9.17, 15) is 0 Å². The Morgan fingerprint density at radius 3 is 2.33 bits per heavy atom. The monoisotopic (exact) mass is 257 g/mol. The Morgan fingerprint density at radius 1 is 1.33 bits per heavy atom. The van der Waals surface area contributed by atoms with Crippen molar-refractivity contribution < 1.29 is 9.63 Å². The molecule has 2 atom stereocenters. The predicted octanol–water partition coefficient (Wildman–Crippen LogP) is 2.46. The fourth-order valence-corrected chi connectivity index (χ4v) is 1.35. The molecule has 1 aromatic rings. The molecule has 0 spiro atoms. The lowest BCUT2D eigenvalue weighted by Gasteiger charge is -2.02. The lowest BCUT2D eigenvalue weighted by molar-refractivity contribution is 0.172. The van der Waals surface area contributed by atoms with Gasteiger partial charge in [0, 0.05) is 13.0 Å². The molecule has 0 aliphatic carbocycles. The molecule has 0 aliphatic rings. The van der Waals surface area contributed by atoms with Crippen LogP contribution >= 0.6 is 0 Å². The zero-order valence-corrected chi connectivity index (χ0v) is 12.0. The highest BCUT2D eigenvalue weighted by atomic mass is 16.5. The fraction of sp³-hybridized carbons (Fsp3) is 0.846. The van der Waals surface area contributed by atoms with Gasteiger partial charge < -0.3 is 15.4 Å². The van der Waals surface area contributed by atoms with Gasteiger partial charge in [-0.05, 0) is 5.92 Å². The van der Waals surface area contributed by atoms with E-state index in [0.717, 1.165) is 5.92 Å². The summed E-state index contributed by atoms with van der Waals surface area (Å²) in [5.41, 5.74) is 5.18. The van der Waals surface area contributed by atoms with Crippen LogP contribution < -0.4 is 5.73 Å². The van der Waals surface area contributed by atoms with Crippen molar-refractivity contribution in [3.8, 4) is 0 Å². The highest BCUT2D eigenvalue weighted by Gasteiger charge is 2.12. The lowest BCUT2D eigenvalue weighted by Crippen LogP contribution is -2.12. The first-order chi connectivity index (χ1) is 8.58. The van der Waals surface area contributed by atoms with Gasteiger partial charge in [0.15, 0.2) is 0 Å². The molecule has 0 saturated carbocycles. The first-order valence-electron chi connectivity index (χ1n) is 6.79. The summed E-state index contributed by atoms with van der Waals surface area (Å²) >= 11 is 0. The summed E-state index contributed by atoms with van der Waals surface area (Å²) in [5.74, 6) is 1.74. The number of nitrogens with zero attached hydrogens (tertiary/aromatic N) is 2. The zero-order valence-electron chi connectivity index (χ0n) is 12.0. The number of aliphatic hydroxyl groups excluding tert-OH is 1. The fourth-order valence-electron chi connectivity index (χ4n) is 1.35. The first-order valence-corrected chi connectivity index (χ1v) is 6.79. The number of hydrogen-bond acceptors (Lipinski definition) is 5. The number of aryl methyl sites for hydroxylation is 1. The molecule has 0 aromatic carbocycles. The SMILES string of the molecule is CCCC(C)CC.CCc1nc(C(O)CN)no1. The van der Waals surface area contributed by atoms with Crippen LogP contribution in [0.2, 0.25) is 0 Å². The molecule has 0 fully saturated rings. The molecule has 1 heterocycles. The topological polar surface area (TPSA) is 85.2 Å². The maximum absolute atomic E-state index is 9.13. The van der Waals surface area contributed by atoms with Gasteiger partial charge in [-0.15, -0.1) is 0 Å². The zero-order chi connectivity index (χ0) is 14.0. The minimum atomic E-state index is -0.806. The van der Waals surface area contributed by atoms with E-state index in [4.69, 9.17) is 15.4 Å². The largest absolute Gasteiger partial charge is 0.384 e. The van der Waals surface area contributed by atoms with Gasteiger partial charge >= 0.3 is 0 Å². The van der Waals surface area contributed by atoms with E-state index in [1.54, 1.807) is 0 Å². The van der Waals surface area contributed by atoms with Gasteiger partial charge in [-0.2, -0.15) is 4.98 Å². The second-order valence-electron chi connectivity index (χ2n) is 4.45. The van der Waals surface area contributed by atoms with Crippen LogP contribution in [0.4, 0.5) is 0 Å². The van der Waals surface area contributed by atoms with Gasteiger partial charge in [-0.25, -0.2) is 0 Å². The summed E-state index contributed by atoms with van der Waals surface area (Å²) < 4.78 is 4.76. The summed E-state index contributed by atoms with van der Waals surface area (Å²) in [6.45, 7) is 8.81. The van der Waals surface area contributed by atoms with E-state index in [-0.39, 0.29) is 12.4 Å². The van der Waals surface area contributed by atoms with Crippen LogP contribution in [-0.4, -0.2) is 21.8 Å². The maximum atomic E-state index is 9.13. The second-order valence-corrected chi connectivity index (χ2v) is 4.45. The van der Waals surface area contributed by atoms with Crippen LogP contribution in [0.5, 0.6) is 0 Å². The Balaban J connectivity index is 0.000000360. The Bertz CT molecular complexity index is 302. The molecular weight excluding hydrogens is 230 g/mol. The average Bonchev–Trinajstić information content (AvgIpc) is 2.87. The van der Waals surface area contributed by atoms with Crippen molar-refractivity contribution in [2.75, 3.05) is 6.54 Å². The number of rotatable bonds is 6. The van der Waals surface area contributed by atoms with Gasteiger partial charge in [-0.1, -0.05) is 52.1 Å². The van der Waals surface area contributed by atoms with E-state index < -0.39 is 6.10 Å². The molecule has 5 nitrogen and oxygen atoms in total. The number of aromatic nitrogens is 2. The van der Waals surface area contributed by atoms with Crippen molar-refractivity contribution in [3.05, 3.63) is 11.7 Å². The molecule has 0 bridgehead atoms. The number of aliphatic hydroxyl groups is 1. The third-order valence-electron chi connectivity index (χ3n) is 2.79. The van der Waals surface area contributed by atoms with E-state index in [2.05, 4.69) is 30.9 Å². The van der Waals surface area contributed by atoms with E-state index >= 15 is 0 Å². The second kappa shape index (κ2) is 10.0. The quantitative estimate of drug-likeness (QED) is 0.817. The molecule has 1 rings (SSSR count). The molecule has 2 unspecified atom stereocenters. The standard InChI is InChI=1S/C7H16.C6H11N3O2/c1-4-6-7(3)5-2;1-2-5-8-6(9-11-5)4(10)3-7/h7H,4-6H2,1-3H3;4,10H,2-3,7H2,1H3. The number of nitrogens with two attached hydrogens (primary N) is 1. The van der Waals surface area contributed by atoms with Crippen LogP contribution in [0.15, 0.2) is 4.52 Å². The van der Waals surface area contributed by atoms with Crippen LogP contribution in [0, 0.1) is 5.92 Å². The van der Waals surface area contributed by atoms with Crippen molar-refractivity contribution in [1.29, 1.82) is 0 Å². The molecule has 0 amide bonds. The molecule has 5 heteroatoms. The minimum absolute atomic E-state index is 0.114. The normalized spacial score (nSPS) is 13.7. The van der Waals surface area contributed by atoms with Crippen LogP contribution in [-0.2, 0) is 6.42 Å². The Labute approximate surface area is 110 Å².